The zero-order valence-electron chi connectivity index (χ0n) is 5.66. The fraction of sp³-hybridized carbons (Fsp3) is 0.167. The molecular weight excluding hydrogens is 172 g/mol. The van der Waals surface area contributed by atoms with Gasteiger partial charge in [0.2, 0.25) is 0 Å². The Kier molecular flexibility index (Phi) is 1.99. The van der Waals surface area contributed by atoms with Gasteiger partial charge in [-0.15, -0.1) is 0 Å². The van der Waals surface area contributed by atoms with Gasteiger partial charge >= 0.3 is 12.3 Å². The first-order valence-electron chi connectivity index (χ1n) is 2.92. The van der Waals surface area contributed by atoms with Gasteiger partial charge in [0.05, 0.1) is 0 Å². The maximum atomic E-state index is 11.7. The summed E-state index contributed by atoms with van der Waals surface area (Å²) in [5, 5.41) is 0. The summed E-state index contributed by atoms with van der Waals surface area (Å²) in [5.41, 5.74) is 0. The minimum Gasteiger partial charge on any atom is -0.269 e. The third-order valence-corrected chi connectivity index (χ3v) is 1.22. The minimum absolute atomic E-state index is 0.0926. The van der Waals surface area contributed by atoms with Gasteiger partial charge in [0.15, 0.2) is 0 Å². The summed E-state index contributed by atoms with van der Waals surface area (Å²) >= 11 is 0. The van der Waals surface area contributed by atoms with Gasteiger partial charge in [-0.2, -0.15) is 8.78 Å². The molecule has 12 heavy (non-hydrogen) atoms. The quantitative estimate of drug-likeness (QED) is 0.514. The van der Waals surface area contributed by atoms with Crippen molar-refractivity contribution in [1.82, 2.24) is 4.90 Å². The van der Waals surface area contributed by atoms with E-state index in [0.717, 1.165) is 12.2 Å². The number of halogens is 2. The second-order valence-corrected chi connectivity index (χ2v) is 1.98. The molecule has 4 nitrogen and oxygen atoms in total. The standard InChI is InChI=1S/C6H3F2NO3/c7-5(8)6(12)9-3(10)1-2-4(9)11/h1-2,5H. The Morgan fingerprint density at radius 1 is 1.25 bits per heavy atom. The molecule has 0 aromatic rings. The van der Waals surface area contributed by atoms with E-state index in [4.69, 9.17) is 0 Å². The monoisotopic (exact) mass is 175 g/mol. The first-order chi connectivity index (χ1) is 5.54. The lowest BCUT2D eigenvalue weighted by molar-refractivity contribution is -0.154. The van der Waals surface area contributed by atoms with E-state index in [0.29, 0.717) is 0 Å². The van der Waals surface area contributed by atoms with Crippen LogP contribution in [0.3, 0.4) is 0 Å². The van der Waals surface area contributed by atoms with E-state index in [1.165, 1.54) is 0 Å². The molecule has 6 heteroatoms. The lowest BCUT2D eigenvalue weighted by Gasteiger charge is -2.09. The lowest BCUT2D eigenvalue weighted by atomic mass is 10.5. The molecule has 0 atom stereocenters. The smallest absolute Gasteiger partial charge is 0.269 e. The molecule has 0 saturated carbocycles. The summed E-state index contributed by atoms with van der Waals surface area (Å²) in [5.74, 6) is -3.83. The van der Waals surface area contributed by atoms with Crippen molar-refractivity contribution in [3.05, 3.63) is 12.2 Å². The van der Waals surface area contributed by atoms with Crippen LogP contribution in [-0.2, 0) is 14.4 Å². The Hall–Kier alpha value is -1.59. The number of nitrogens with zero attached hydrogens (tertiary/aromatic N) is 1. The first kappa shape index (κ1) is 8.51. The van der Waals surface area contributed by atoms with Gasteiger partial charge in [-0.25, -0.2) is 4.90 Å². The zero-order chi connectivity index (χ0) is 9.30. The molecule has 0 radical (unpaired) electrons. The average molecular weight is 175 g/mol. The van der Waals surface area contributed by atoms with Crippen LogP contribution in [0.2, 0.25) is 0 Å². The Bertz CT molecular complexity index is 267. The van der Waals surface area contributed by atoms with Crippen LogP contribution in [0.25, 0.3) is 0 Å². The van der Waals surface area contributed by atoms with Crippen molar-refractivity contribution in [3.8, 4) is 0 Å². The predicted octanol–water partition coefficient (Wildman–Crippen LogP) is -0.297. The molecule has 0 N–H and O–H groups in total. The summed E-state index contributed by atoms with van der Waals surface area (Å²) in [6.07, 6.45) is -1.80. The predicted molar refractivity (Wildman–Crippen MR) is 32.0 cm³/mol. The molecule has 0 fully saturated rings. The van der Waals surface area contributed by atoms with E-state index in [9.17, 15) is 23.2 Å². The highest BCUT2D eigenvalue weighted by molar-refractivity contribution is 6.23. The van der Waals surface area contributed by atoms with E-state index in [2.05, 4.69) is 0 Å². The summed E-state index contributed by atoms with van der Waals surface area (Å²) < 4.78 is 23.4. The molecule has 0 bridgehead atoms. The van der Waals surface area contributed by atoms with Crippen molar-refractivity contribution in [2.75, 3.05) is 0 Å². The molecule has 0 aromatic carbocycles. The number of alkyl halides is 2. The molecule has 1 rings (SSSR count). The SMILES string of the molecule is O=C1C=CC(=O)N1C(=O)C(F)F. The van der Waals surface area contributed by atoms with E-state index in [-0.39, 0.29) is 4.90 Å². The highest BCUT2D eigenvalue weighted by Crippen LogP contribution is 2.08. The van der Waals surface area contributed by atoms with Crippen LogP contribution in [0.4, 0.5) is 8.78 Å². The molecule has 3 amide bonds. The number of carbonyl (C=O) groups excluding carboxylic acids is 3. The Morgan fingerprint density at radius 3 is 2.00 bits per heavy atom. The average Bonchev–Trinajstić information content (AvgIpc) is 2.30. The van der Waals surface area contributed by atoms with Gasteiger partial charge in [-0.05, 0) is 0 Å². The fourth-order valence-electron chi connectivity index (χ4n) is 0.715. The van der Waals surface area contributed by atoms with Crippen LogP contribution in [-0.4, -0.2) is 29.0 Å². The third kappa shape index (κ3) is 1.23. The molecule has 0 aliphatic carbocycles. The van der Waals surface area contributed by atoms with Crippen LogP contribution >= 0.6 is 0 Å². The van der Waals surface area contributed by atoms with Crippen LogP contribution in [0.5, 0.6) is 0 Å². The van der Waals surface area contributed by atoms with Crippen molar-refractivity contribution in [2.45, 2.75) is 6.43 Å². The fourth-order valence-corrected chi connectivity index (χ4v) is 0.715. The maximum Gasteiger partial charge on any atom is 0.316 e. The van der Waals surface area contributed by atoms with Gasteiger partial charge in [0, 0.05) is 12.2 Å². The van der Waals surface area contributed by atoms with Gasteiger partial charge in [0.1, 0.15) is 0 Å². The summed E-state index contributed by atoms with van der Waals surface area (Å²) in [4.78, 5) is 31.6. The number of hydrogen-bond acceptors (Lipinski definition) is 3. The van der Waals surface area contributed by atoms with E-state index >= 15 is 0 Å². The van der Waals surface area contributed by atoms with Gasteiger partial charge in [-0.3, -0.25) is 14.4 Å². The summed E-state index contributed by atoms with van der Waals surface area (Å²) in [6.45, 7) is 0. The molecule has 1 aliphatic rings. The number of rotatable bonds is 1. The highest BCUT2D eigenvalue weighted by Gasteiger charge is 2.34. The summed E-state index contributed by atoms with van der Waals surface area (Å²) in [6, 6.07) is 0. The van der Waals surface area contributed by atoms with E-state index in [1.54, 1.807) is 0 Å². The van der Waals surface area contributed by atoms with E-state index in [1.807, 2.05) is 0 Å². The molecule has 0 saturated heterocycles. The largest absolute Gasteiger partial charge is 0.316 e. The topological polar surface area (TPSA) is 54.5 Å². The first-order valence-corrected chi connectivity index (χ1v) is 2.92. The van der Waals surface area contributed by atoms with Crippen molar-refractivity contribution in [2.24, 2.45) is 0 Å². The molecule has 1 heterocycles. The molecule has 1 aliphatic heterocycles. The van der Waals surface area contributed by atoms with Crippen LogP contribution in [0.1, 0.15) is 0 Å². The van der Waals surface area contributed by atoms with Crippen LogP contribution in [0.15, 0.2) is 12.2 Å². The van der Waals surface area contributed by atoms with Gasteiger partial charge in [0.25, 0.3) is 11.8 Å². The normalized spacial score (nSPS) is 16.4. The minimum atomic E-state index is -3.34. The Labute approximate surface area is 65.4 Å². The number of amides is 3. The zero-order valence-corrected chi connectivity index (χ0v) is 5.66. The Balaban J connectivity index is 2.84. The number of carbonyl (C=O) groups is 3. The van der Waals surface area contributed by atoms with Crippen molar-refractivity contribution in [1.29, 1.82) is 0 Å². The third-order valence-electron chi connectivity index (χ3n) is 1.22. The van der Waals surface area contributed by atoms with Crippen LogP contribution < -0.4 is 0 Å². The molecular formula is C6H3F2NO3. The number of imide groups is 3. The lowest BCUT2D eigenvalue weighted by Crippen LogP contribution is -2.40. The van der Waals surface area contributed by atoms with E-state index < -0.39 is 24.1 Å². The molecule has 0 unspecified atom stereocenters. The van der Waals surface area contributed by atoms with Gasteiger partial charge < -0.3 is 0 Å². The second-order valence-electron chi connectivity index (χ2n) is 1.98. The van der Waals surface area contributed by atoms with Crippen molar-refractivity contribution < 1.29 is 23.2 Å². The van der Waals surface area contributed by atoms with Crippen molar-refractivity contribution in [3.63, 3.8) is 0 Å². The second kappa shape index (κ2) is 2.80. The molecule has 0 spiro atoms. The van der Waals surface area contributed by atoms with Crippen molar-refractivity contribution >= 4 is 17.7 Å². The van der Waals surface area contributed by atoms with Gasteiger partial charge in [-0.1, -0.05) is 0 Å². The maximum absolute atomic E-state index is 11.7. The Morgan fingerprint density at radius 2 is 1.67 bits per heavy atom. The molecule has 64 valence electrons. The highest BCUT2D eigenvalue weighted by atomic mass is 19.3. The number of hydrogen-bond donors (Lipinski definition) is 0. The van der Waals surface area contributed by atoms with Crippen LogP contribution in [0, 0.1) is 0 Å². The summed E-state index contributed by atoms with van der Waals surface area (Å²) in [7, 11) is 0. The molecule has 0 aromatic heterocycles.